The van der Waals surface area contributed by atoms with E-state index >= 15 is 0 Å². The van der Waals surface area contributed by atoms with E-state index in [1.807, 2.05) is 48.5 Å². The Morgan fingerprint density at radius 2 is 1.77 bits per heavy atom. The molecule has 0 saturated carbocycles. The second-order valence-corrected chi connectivity index (χ2v) is 5.20. The lowest BCUT2D eigenvalue weighted by Gasteiger charge is -2.10. The van der Waals surface area contributed by atoms with Crippen LogP contribution in [0.1, 0.15) is 11.1 Å². The van der Waals surface area contributed by atoms with Crippen LogP contribution in [-0.4, -0.2) is 14.9 Å². The van der Waals surface area contributed by atoms with E-state index in [4.69, 9.17) is 16.3 Å². The van der Waals surface area contributed by atoms with Gasteiger partial charge in [-0.1, -0.05) is 35.9 Å². The second kappa shape index (κ2) is 6.95. The van der Waals surface area contributed by atoms with E-state index in [0.29, 0.717) is 13.2 Å². The summed E-state index contributed by atoms with van der Waals surface area (Å²) in [6, 6.07) is 15.6. The molecule has 0 bridgehead atoms. The normalized spacial score (nSPS) is 10.4. The maximum atomic E-state index is 5.87. The van der Waals surface area contributed by atoms with Gasteiger partial charge in [-0.25, -0.2) is 4.68 Å². The van der Waals surface area contributed by atoms with Crippen LogP contribution < -0.4 is 10.2 Å². The zero-order chi connectivity index (χ0) is 15.2. The fourth-order valence-corrected chi connectivity index (χ4v) is 2.08. The highest BCUT2D eigenvalue weighted by molar-refractivity contribution is 6.30. The lowest BCUT2D eigenvalue weighted by atomic mass is 10.2. The number of ether oxygens (including phenoxy) is 1. The van der Waals surface area contributed by atoms with Gasteiger partial charge in [0.2, 0.25) is 0 Å². The van der Waals surface area contributed by atoms with E-state index < -0.39 is 0 Å². The van der Waals surface area contributed by atoms with Gasteiger partial charge in [0.15, 0.2) is 0 Å². The Bertz CT molecular complexity index is 713. The number of benzene rings is 2. The van der Waals surface area contributed by atoms with E-state index in [9.17, 15) is 0 Å². The van der Waals surface area contributed by atoms with Gasteiger partial charge in [-0.05, 0) is 35.4 Å². The summed E-state index contributed by atoms with van der Waals surface area (Å²) in [5.74, 6) is 0.831. The highest BCUT2D eigenvalue weighted by Crippen LogP contribution is 2.16. The van der Waals surface area contributed by atoms with Crippen molar-refractivity contribution >= 4 is 11.6 Å². The minimum absolute atomic E-state index is 0.513. The number of hydrogen-bond donors (Lipinski definition) is 1. The molecule has 2 aromatic carbocycles. The second-order valence-electron chi connectivity index (χ2n) is 4.77. The molecule has 6 heteroatoms. The van der Waals surface area contributed by atoms with Crippen LogP contribution in [0.2, 0.25) is 5.02 Å². The van der Waals surface area contributed by atoms with Crippen molar-refractivity contribution in [2.75, 3.05) is 5.43 Å². The largest absolute Gasteiger partial charge is 0.489 e. The van der Waals surface area contributed by atoms with Gasteiger partial charge in [0.1, 0.15) is 25.0 Å². The molecule has 0 fully saturated rings. The van der Waals surface area contributed by atoms with Crippen molar-refractivity contribution in [3.05, 3.63) is 77.3 Å². The number of halogens is 1. The van der Waals surface area contributed by atoms with Crippen molar-refractivity contribution in [1.29, 1.82) is 0 Å². The van der Waals surface area contributed by atoms with E-state index in [1.54, 1.807) is 17.3 Å². The summed E-state index contributed by atoms with van der Waals surface area (Å²) in [5.41, 5.74) is 5.36. The van der Waals surface area contributed by atoms with Crippen molar-refractivity contribution in [3.8, 4) is 5.75 Å². The van der Waals surface area contributed by atoms with Gasteiger partial charge in [0, 0.05) is 5.02 Å². The maximum Gasteiger partial charge on any atom is 0.138 e. The van der Waals surface area contributed by atoms with E-state index in [-0.39, 0.29) is 0 Å². The van der Waals surface area contributed by atoms with E-state index in [1.165, 1.54) is 0 Å². The quantitative estimate of drug-likeness (QED) is 0.759. The predicted octanol–water partition coefficient (Wildman–Crippen LogP) is 3.25. The Balaban J connectivity index is 1.57. The molecule has 0 spiro atoms. The van der Waals surface area contributed by atoms with Crippen molar-refractivity contribution in [2.45, 2.75) is 13.2 Å². The highest BCUT2D eigenvalue weighted by Gasteiger charge is 1.99. The lowest BCUT2D eigenvalue weighted by Crippen LogP contribution is -2.12. The van der Waals surface area contributed by atoms with Crippen LogP contribution in [0.3, 0.4) is 0 Å². The van der Waals surface area contributed by atoms with Gasteiger partial charge in [0.05, 0.1) is 6.54 Å². The molecule has 112 valence electrons. The average molecular weight is 315 g/mol. The first kappa shape index (κ1) is 14.4. The topological polar surface area (TPSA) is 52.0 Å². The average Bonchev–Trinajstić information content (AvgIpc) is 3.06. The van der Waals surface area contributed by atoms with E-state index in [2.05, 4.69) is 15.6 Å². The van der Waals surface area contributed by atoms with Gasteiger partial charge in [-0.15, -0.1) is 10.2 Å². The first-order valence-corrected chi connectivity index (χ1v) is 7.22. The number of nitrogens with zero attached hydrogens (tertiary/aromatic N) is 3. The lowest BCUT2D eigenvalue weighted by molar-refractivity contribution is 0.306. The third-order valence-corrected chi connectivity index (χ3v) is 3.35. The van der Waals surface area contributed by atoms with Crippen molar-refractivity contribution in [1.82, 2.24) is 14.9 Å². The molecule has 0 saturated heterocycles. The summed E-state index contributed by atoms with van der Waals surface area (Å²) < 4.78 is 7.52. The predicted molar refractivity (Wildman–Crippen MR) is 85.3 cm³/mol. The monoisotopic (exact) mass is 314 g/mol. The highest BCUT2D eigenvalue weighted by atomic mass is 35.5. The van der Waals surface area contributed by atoms with Crippen LogP contribution >= 0.6 is 11.6 Å². The first-order chi connectivity index (χ1) is 10.8. The molecular formula is C16H15ClN4O. The summed E-state index contributed by atoms with van der Waals surface area (Å²) >= 11 is 5.87. The third-order valence-electron chi connectivity index (χ3n) is 3.10. The number of aromatic nitrogens is 3. The minimum Gasteiger partial charge on any atom is -0.489 e. The third kappa shape index (κ3) is 3.99. The Morgan fingerprint density at radius 1 is 1.00 bits per heavy atom. The van der Waals surface area contributed by atoms with E-state index in [0.717, 1.165) is 21.9 Å². The van der Waals surface area contributed by atoms with Crippen molar-refractivity contribution < 1.29 is 4.74 Å². The molecule has 0 amide bonds. The van der Waals surface area contributed by atoms with Crippen LogP contribution in [0.15, 0.2) is 61.2 Å². The molecule has 0 atom stereocenters. The smallest absolute Gasteiger partial charge is 0.138 e. The summed E-state index contributed by atoms with van der Waals surface area (Å²) in [6.07, 6.45) is 3.22. The SMILES string of the molecule is Clc1ccc(COc2cccc(CNn3cnnc3)c2)cc1. The van der Waals surface area contributed by atoms with Crippen LogP contribution in [-0.2, 0) is 13.2 Å². The Morgan fingerprint density at radius 3 is 2.55 bits per heavy atom. The van der Waals surface area contributed by atoms with Gasteiger partial charge < -0.3 is 10.2 Å². The molecule has 0 aliphatic carbocycles. The van der Waals surface area contributed by atoms with Crippen LogP contribution in [0.25, 0.3) is 0 Å². The summed E-state index contributed by atoms with van der Waals surface area (Å²) in [5, 5.41) is 8.20. The fraction of sp³-hybridized carbons (Fsp3) is 0.125. The Hall–Kier alpha value is -2.53. The van der Waals surface area contributed by atoms with Gasteiger partial charge in [-0.3, -0.25) is 0 Å². The fourth-order valence-electron chi connectivity index (χ4n) is 1.96. The Labute approximate surface area is 133 Å². The molecule has 1 N–H and O–H groups in total. The number of rotatable bonds is 6. The molecule has 22 heavy (non-hydrogen) atoms. The summed E-state index contributed by atoms with van der Waals surface area (Å²) in [7, 11) is 0. The minimum atomic E-state index is 0.513. The molecule has 0 aliphatic rings. The molecule has 5 nitrogen and oxygen atoms in total. The summed E-state index contributed by atoms with van der Waals surface area (Å²) in [6.45, 7) is 1.18. The zero-order valence-corrected chi connectivity index (χ0v) is 12.6. The number of hydrogen-bond acceptors (Lipinski definition) is 4. The standard InChI is InChI=1S/C16H15ClN4O/c17-15-6-4-13(5-7-15)10-22-16-3-1-2-14(8-16)9-20-21-11-18-19-12-21/h1-8,11-12,20H,9-10H2. The zero-order valence-electron chi connectivity index (χ0n) is 11.8. The molecular weight excluding hydrogens is 300 g/mol. The van der Waals surface area contributed by atoms with Crippen molar-refractivity contribution in [3.63, 3.8) is 0 Å². The molecule has 0 aliphatic heterocycles. The first-order valence-electron chi connectivity index (χ1n) is 6.84. The van der Waals surface area contributed by atoms with Crippen molar-refractivity contribution in [2.24, 2.45) is 0 Å². The molecule has 1 aromatic heterocycles. The van der Waals surface area contributed by atoms with Gasteiger partial charge >= 0.3 is 0 Å². The van der Waals surface area contributed by atoms with Crippen LogP contribution in [0.5, 0.6) is 5.75 Å². The Kier molecular flexibility index (Phi) is 4.56. The summed E-state index contributed by atoms with van der Waals surface area (Å²) in [4.78, 5) is 0. The molecule has 1 heterocycles. The molecule has 0 unspecified atom stereocenters. The van der Waals surface area contributed by atoms with Gasteiger partial charge in [0.25, 0.3) is 0 Å². The number of nitrogens with one attached hydrogen (secondary N) is 1. The molecule has 3 rings (SSSR count). The van der Waals surface area contributed by atoms with Crippen LogP contribution in [0.4, 0.5) is 0 Å². The maximum absolute atomic E-state index is 5.87. The molecule has 0 radical (unpaired) electrons. The van der Waals surface area contributed by atoms with Crippen LogP contribution in [0, 0.1) is 0 Å². The van der Waals surface area contributed by atoms with Gasteiger partial charge in [-0.2, -0.15) is 0 Å². The molecule has 3 aromatic rings.